The molecule has 0 aliphatic heterocycles. The van der Waals surface area contributed by atoms with Crippen molar-refractivity contribution in [2.45, 2.75) is 64.8 Å². The van der Waals surface area contributed by atoms with E-state index in [1.54, 1.807) is 38.1 Å². The topological polar surface area (TPSA) is 103 Å². The van der Waals surface area contributed by atoms with Gasteiger partial charge in [0.25, 0.3) is 0 Å². The van der Waals surface area contributed by atoms with E-state index in [1.807, 2.05) is 20.8 Å². The largest absolute Gasteiger partial charge is 0.425 e. The lowest BCUT2D eigenvalue weighted by Gasteiger charge is -2.23. The predicted octanol–water partition coefficient (Wildman–Crippen LogP) is 4.66. The van der Waals surface area contributed by atoms with Crippen molar-refractivity contribution in [3.8, 4) is 5.75 Å². The van der Waals surface area contributed by atoms with Crippen molar-refractivity contribution < 1.29 is 22.4 Å². The molecule has 1 heterocycles. The molecule has 3 aromatic rings. The van der Waals surface area contributed by atoms with Crippen LogP contribution in [0, 0.1) is 19.8 Å². The van der Waals surface area contributed by atoms with Crippen molar-refractivity contribution >= 4 is 27.0 Å². The van der Waals surface area contributed by atoms with E-state index < -0.39 is 27.7 Å². The minimum absolute atomic E-state index is 0.0761. The molecule has 1 aromatic heterocycles. The first-order valence-corrected chi connectivity index (χ1v) is 12.9. The maximum atomic E-state index is 13.3. The zero-order valence-electron chi connectivity index (χ0n) is 20.2. The first-order valence-electron chi connectivity index (χ1n) is 11.4. The SMILES string of the molecule is CCCc1cc(=O)oc2cc(C)cc(OC(=O)C(NS(=O)(=O)c3ccc(C)cc3)C(C)CC)c12. The number of rotatable bonds is 9. The molecule has 182 valence electrons. The van der Waals surface area contributed by atoms with Crippen LogP contribution in [-0.2, 0) is 21.2 Å². The molecule has 0 fully saturated rings. The van der Waals surface area contributed by atoms with E-state index in [-0.39, 0.29) is 16.6 Å². The molecular formula is C26H31NO6S. The van der Waals surface area contributed by atoms with Gasteiger partial charge in [0.05, 0.1) is 10.3 Å². The minimum atomic E-state index is -3.95. The summed E-state index contributed by atoms with van der Waals surface area (Å²) < 4.78 is 39.7. The van der Waals surface area contributed by atoms with Gasteiger partial charge in [-0.15, -0.1) is 0 Å². The fourth-order valence-electron chi connectivity index (χ4n) is 3.77. The lowest BCUT2D eigenvalue weighted by Crippen LogP contribution is -2.47. The predicted molar refractivity (Wildman–Crippen MR) is 132 cm³/mol. The Bertz CT molecular complexity index is 1340. The van der Waals surface area contributed by atoms with Crippen molar-refractivity contribution in [3.63, 3.8) is 0 Å². The van der Waals surface area contributed by atoms with E-state index in [0.717, 1.165) is 23.1 Å². The number of benzene rings is 2. The molecule has 1 N–H and O–H groups in total. The number of sulfonamides is 1. The van der Waals surface area contributed by atoms with Gasteiger partial charge in [-0.25, -0.2) is 18.0 Å². The second-order valence-corrected chi connectivity index (χ2v) is 10.4. The summed E-state index contributed by atoms with van der Waals surface area (Å²) in [5.41, 5.74) is 2.25. The van der Waals surface area contributed by atoms with Crippen molar-refractivity contribution in [1.82, 2.24) is 4.72 Å². The van der Waals surface area contributed by atoms with Crippen LogP contribution in [0.3, 0.4) is 0 Å². The minimum Gasteiger partial charge on any atom is -0.425 e. The van der Waals surface area contributed by atoms with Crippen LogP contribution in [0.1, 0.15) is 50.3 Å². The summed E-state index contributed by atoms with van der Waals surface area (Å²) in [6.07, 6.45) is 1.94. The number of carbonyl (C=O) groups is 1. The Labute approximate surface area is 200 Å². The van der Waals surface area contributed by atoms with Crippen LogP contribution >= 0.6 is 0 Å². The number of carbonyl (C=O) groups excluding carboxylic acids is 1. The molecule has 2 aromatic carbocycles. The Morgan fingerprint density at radius 2 is 1.74 bits per heavy atom. The van der Waals surface area contributed by atoms with Crippen LogP contribution in [-0.4, -0.2) is 20.4 Å². The van der Waals surface area contributed by atoms with Crippen LogP contribution < -0.4 is 15.1 Å². The van der Waals surface area contributed by atoms with Crippen LogP contribution in [0.5, 0.6) is 5.75 Å². The third kappa shape index (κ3) is 5.74. The smallest absolute Gasteiger partial charge is 0.336 e. The third-order valence-electron chi connectivity index (χ3n) is 5.84. The van der Waals surface area contributed by atoms with Gasteiger partial charge in [-0.2, -0.15) is 4.72 Å². The molecule has 0 aliphatic rings. The first kappa shape index (κ1) is 25.6. The van der Waals surface area contributed by atoms with Crippen LogP contribution in [0.15, 0.2) is 56.6 Å². The Hall–Kier alpha value is -2.97. The van der Waals surface area contributed by atoms with Crippen molar-refractivity contribution in [3.05, 3.63) is 69.6 Å². The lowest BCUT2D eigenvalue weighted by molar-refractivity contribution is -0.137. The fourth-order valence-corrected chi connectivity index (χ4v) is 5.07. The second kappa shape index (κ2) is 10.5. The van der Waals surface area contributed by atoms with E-state index >= 15 is 0 Å². The number of ether oxygens (including phenoxy) is 1. The number of aryl methyl sites for hydroxylation is 3. The number of esters is 1. The van der Waals surface area contributed by atoms with E-state index in [1.165, 1.54) is 18.2 Å². The summed E-state index contributed by atoms with van der Waals surface area (Å²) in [6, 6.07) is 10.1. The monoisotopic (exact) mass is 485 g/mol. The molecule has 0 saturated heterocycles. The van der Waals surface area contributed by atoms with Gasteiger partial charge in [0, 0.05) is 6.07 Å². The van der Waals surface area contributed by atoms with E-state index in [9.17, 15) is 18.0 Å². The van der Waals surface area contributed by atoms with E-state index in [2.05, 4.69) is 4.72 Å². The van der Waals surface area contributed by atoms with E-state index in [0.29, 0.717) is 23.8 Å². The maximum Gasteiger partial charge on any atom is 0.336 e. The zero-order chi connectivity index (χ0) is 25.0. The third-order valence-corrected chi connectivity index (χ3v) is 7.30. The van der Waals surface area contributed by atoms with Crippen molar-refractivity contribution in [1.29, 1.82) is 0 Å². The molecule has 0 radical (unpaired) electrons. The Morgan fingerprint density at radius 3 is 2.35 bits per heavy atom. The van der Waals surface area contributed by atoms with Gasteiger partial charge in [-0.1, -0.05) is 51.3 Å². The lowest BCUT2D eigenvalue weighted by atomic mass is 10.00. The highest BCUT2D eigenvalue weighted by atomic mass is 32.2. The van der Waals surface area contributed by atoms with Crippen LogP contribution in [0.2, 0.25) is 0 Å². The molecule has 0 bridgehead atoms. The highest BCUT2D eigenvalue weighted by molar-refractivity contribution is 7.89. The van der Waals surface area contributed by atoms with Gasteiger partial charge in [0.2, 0.25) is 10.0 Å². The number of fused-ring (bicyclic) bond motifs is 1. The molecule has 2 atom stereocenters. The summed E-state index contributed by atoms with van der Waals surface area (Å²) in [6.45, 7) is 9.32. The molecule has 2 unspecified atom stereocenters. The maximum absolute atomic E-state index is 13.3. The number of nitrogens with one attached hydrogen (secondary N) is 1. The van der Waals surface area contributed by atoms with Crippen LogP contribution in [0.4, 0.5) is 0 Å². The van der Waals surface area contributed by atoms with Crippen LogP contribution in [0.25, 0.3) is 11.0 Å². The fraction of sp³-hybridized carbons (Fsp3) is 0.385. The first-order chi connectivity index (χ1) is 16.1. The summed E-state index contributed by atoms with van der Waals surface area (Å²) in [5.74, 6) is -0.794. The average Bonchev–Trinajstić information content (AvgIpc) is 2.76. The van der Waals surface area contributed by atoms with Gasteiger partial charge >= 0.3 is 11.6 Å². The molecule has 0 aliphatic carbocycles. The van der Waals surface area contributed by atoms with Gasteiger partial charge < -0.3 is 9.15 Å². The highest BCUT2D eigenvalue weighted by Crippen LogP contribution is 2.31. The molecule has 7 nitrogen and oxygen atoms in total. The Morgan fingerprint density at radius 1 is 1.06 bits per heavy atom. The summed E-state index contributed by atoms with van der Waals surface area (Å²) in [4.78, 5) is 25.4. The summed E-state index contributed by atoms with van der Waals surface area (Å²) >= 11 is 0. The number of hydrogen-bond donors (Lipinski definition) is 1. The quantitative estimate of drug-likeness (QED) is 0.269. The Kier molecular flexibility index (Phi) is 7.94. The van der Waals surface area contributed by atoms with Crippen molar-refractivity contribution in [2.24, 2.45) is 5.92 Å². The zero-order valence-corrected chi connectivity index (χ0v) is 21.0. The average molecular weight is 486 g/mol. The molecule has 34 heavy (non-hydrogen) atoms. The standard InChI is InChI=1S/C26H31NO6S/c1-6-8-19-15-23(28)32-21-13-17(4)14-22(24(19)21)33-26(29)25(18(5)7-2)27-34(30,31)20-11-9-16(3)10-12-20/h9-15,18,25,27H,6-8H2,1-5H3. The van der Waals surface area contributed by atoms with Crippen molar-refractivity contribution in [2.75, 3.05) is 0 Å². The second-order valence-electron chi connectivity index (χ2n) is 8.70. The van der Waals surface area contributed by atoms with Gasteiger partial charge in [0.1, 0.15) is 17.4 Å². The van der Waals surface area contributed by atoms with Gasteiger partial charge in [-0.3, -0.25) is 0 Å². The molecule has 0 amide bonds. The van der Waals surface area contributed by atoms with E-state index in [4.69, 9.17) is 9.15 Å². The summed E-state index contributed by atoms with van der Waals surface area (Å²) in [5, 5.41) is 0.546. The molecular weight excluding hydrogens is 454 g/mol. The molecule has 3 rings (SSSR count). The van der Waals surface area contributed by atoms with Gasteiger partial charge in [0.15, 0.2) is 0 Å². The normalized spacial score (nSPS) is 13.6. The molecule has 0 spiro atoms. The highest BCUT2D eigenvalue weighted by Gasteiger charge is 2.32. The molecule has 8 heteroatoms. The van der Waals surface area contributed by atoms with Gasteiger partial charge in [-0.05, 0) is 61.6 Å². The Balaban J connectivity index is 2.01. The number of hydrogen-bond acceptors (Lipinski definition) is 6. The summed E-state index contributed by atoms with van der Waals surface area (Å²) in [7, 11) is -3.95. The molecule has 0 saturated carbocycles.